The maximum absolute atomic E-state index is 9.96. The van der Waals surface area contributed by atoms with E-state index in [9.17, 15) is 5.11 Å². The lowest BCUT2D eigenvalue weighted by atomic mass is 9.94. The first kappa shape index (κ1) is 21.9. The second-order valence-corrected chi connectivity index (χ2v) is 6.47. The Bertz CT molecular complexity index is 651. The highest BCUT2D eigenvalue weighted by Crippen LogP contribution is 2.31. The van der Waals surface area contributed by atoms with Crippen LogP contribution in [0.2, 0.25) is 0 Å². The van der Waals surface area contributed by atoms with Crippen molar-refractivity contribution in [2.45, 2.75) is 51.4 Å². The second kappa shape index (κ2) is 11.5. The Morgan fingerprint density at radius 2 is 1.65 bits per heavy atom. The van der Waals surface area contributed by atoms with Crippen molar-refractivity contribution in [2.24, 2.45) is 0 Å². The fraction of sp³-hybridized carbons (Fsp3) is 0.391. The Morgan fingerprint density at radius 3 is 2.27 bits per heavy atom. The molecule has 26 heavy (non-hydrogen) atoms. The molecule has 0 amide bonds. The summed E-state index contributed by atoms with van der Waals surface area (Å²) in [5.41, 5.74) is 5.07. The highest BCUT2D eigenvalue weighted by atomic mass is 16.5. The van der Waals surface area contributed by atoms with E-state index in [2.05, 4.69) is 68.3 Å². The quantitative estimate of drug-likeness (QED) is 0.818. The molecule has 0 radical (unpaired) electrons. The van der Waals surface area contributed by atoms with Gasteiger partial charge in [0.1, 0.15) is 0 Å². The number of benzene rings is 2. The molecule has 2 aromatic rings. The summed E-state index contributed by atoms with van der Waals surface area (Å²) in [5, 5.41) is 17.0. The normalized spacial score (nSPS) is 21.6. The zero-order chi connectivity index (χ0) is 19.5. The molecule has 0 aromatic heterocycles. The summed E-state index contributed by atoms with van der Waals surface area (Å²) >= 11 is 0. The lowest BCUT2D eigenvalue weighted by molar-refractivity contribution is -0.0895. The Kier molecular flexibility index (Phi) is 9.69. The number of aliphatic hydroxyl groups excluding tert-OH is 2. The minimum Gasteiger partial charge on any atom is -0.400 e. The van der Waals surface area contributed by atoms with Gasteiger partial charge in [0.15, 0.2) is 0 Å². The van der Waals surface area contributed by atoms with Crippen LogP contribution >= 0.6 is 0 Å². The second-order valence-electron chi connectivity index (χ2n) is 6.47. The molecule has 0 bridgehead atoms. The molecule has 2 N–H and O–H groups in total. The van der Waals surface area contributed by atoms with Crippen molar-refractivity contribution >= 4 is 0 Å². The summed E-state index contributed by atoms with van der Waals surface area (Å²) < 4.78 is 6.00. The van der Waals surface area contributed by atoms with Gasteiger partial charge in [-0.05, 0) is 43.4 Å². The SMILES string of the molecule is C#C.CO.Cc1ccc(Cc2cccc([C@H]3C[C@@H](O)C[C@@H](C)O3)c2)cc1. The zero-order valence-electron chi connectivity index (χ0n) is 15.9. The first-order valence-electron chi connectivity index (χ1n) is 8.86. The minimum atomic E-state index is -0.255. The van der Waals surface area contributed by atoms with E-state index in [-0.39, 0.29) is 18.3 Å². The molecule has 1 aliphatic heterocycles. The molecule has 1 aliphatic rings. The van der Waals surface area contributed by atoms with E-state index in [1.165, 1.54) is 22.3 Å². The van der Waals surface area contributed by atoms with Crippen LogP contribution in [0.1, 0.15) is 48.1 Å². The Labute approximate surface area is 157 Å². The summed E-state index contributed by atoms with van der Waals surface area (Å²) in [6.07, 6.45) is 10.2. The van der Waals surface area contributed by atoms with Crippen LogP contribution in [0.4, 0.5) is 0 Å². The first-order valence-corrected chi connectivity index (χ1v) is 8.86. The zero-order valence-corrected chi connectivity index (χ0v) is 15.9. The molecule has 3 nitrogen and oxygen atoms in total. The van der Waals surface area contributed by atoms with Crippen molar-refractivity contribution in [1.29, 1.82) is 0 Å². The average Bonchev–Trinajstić information content (AvgIpc) is 2.66. The number of aliphatic hydroxyl groups is 2. The largest absolute Gasteiger partial charge is 0.400 e. The van der Waals surface area contributed by atoms with Crippen LogP contribution in [0.25, 0.3) is 0 Å². The lowest BCUT2D eigenvalue weighted by Gasteiger charge is -2.31. The van der Waals surface area contributed by atoms with E-state index < -0.39 is 0 Å². The van der Waals surface area contributed by atoms with Crippen molar-refractivity contribution in [3.63, 3.8) is 0 Å². The molecular weight excluding hydrogens is 324 g/mol. The van der Waals surface area contributed by atoms with E-state index in [0.717, 1.165) is 20.0 Å². The molecule has 0 spiro atoms. The van der Waals surface area contributed by atoms with E-state index in [0.29, 0.717) is 6.42 Å². The van der Waals surface area contributed by atoms with E-state index in [1.54, 1.807) is 0 Å². The molecule has 3 rings (SSSR count). The third-order valence-electron chi connectivity index (χ3n) is 4.34. The fourth-order valence-electron chi connectivity index (χ4n) is 3.18. The Balaban J connectivity index is 0.000000791. The summed E-state index contributed by atoms with van der Waals surface area (Å²) in [5.74, 6) is 0. The van der Waals surface area contributed by atoms with Crippen LogP contribution in [-0.2, 0) is 11.2 Å². The lowest BCUT2D eigenvalue weighted by Crippen LogP contribution is -2.29. The molecule has 1 fully saturated rings. The standard InChI is InChI=1S/C20H24O2.C2H2.CH4O/c1-14-6-8-16(9-7-14)11-17-4-3-5-18(12-17)20-13-19(21)10-15(2)22-20;2*1-2/h3-9,12,15,19-21H,10-11,13H2,1-2H3;1-2H;2H,1H3/t15-,19+,20-;;/m1../s1. The van der Waals surface area contributed by atoms with Gasteiger partial charge in [0, 0.05) is 13.5 Å². The molecule has 140 valence electrons. The molecule has 3 heteroatoms. The number of terminal acetylenes is 1. The van der Waals surface area contributed by atoms with Crippen molar-refractivity contribution in [3.05, 3.63) is 70.8 Å². The van der Waals surface area contributed by atoms with Crippen molar-refractivity contribution in [2.75, 3.05) is 7.11 Å². The van der Waals surface area contributed by atoms with Crippen LogP contribution < -0.4 is 0 Å². The fourth-order valence-corrected chi connectivity index (χ4v) is 3.18. The third kappa shape index (κ3) is 6.65. The summed E-state index contributed by atoms with van der Waals surface area (Å²) in [6, 6.07) is 17.3. The minimum absolute atomic E-state index is 0.0108. The Morgan fingerprint density at radius 1 is 1.00 bits per heavy atom. The van der Waals surface area contributed by atoms with Gasteiger partial charge < -0.3 is 14.9 Å². The number of hydrogen-bond donors (Lipinski definition) is 2. The summed E-state index contributed by atoms with van der Waals surface area (Å²) in [6.45, 7) is 4.14. The monoisotopic (exact) mass is 354 g/mol. The molecule has 1 saturated heterocycles. The maximum atomic E-state index is 9.96. The first-order chi connectivity index (χ1) is 12.6. The van der Waals surface area contributed by atoms with Gasteiger partial charge in [0.2, 0.25) is 0 Å². The third-order valence-corrected chi connectivity index (χ3v) is 4.34. The van der Waals surface area contributed by atoms with Gasteiger partial charge in [-0.3, -0.25) is 0 Å². The maximum Gasteiger partial charge on any atom is 0.0853 e. The average molecular weight is 354 g/mol. The molecular formula is C23H30O3. The molecule has 0 unspecified atom stereocenters. The van der Waals surface area contributed by atoms with Crippen LogP contribution in [0, 0.1) is 19.8 Å². The van der Waals surface area contributed by atoms with Crippen molar-refractivity contribution in [3.8, 4) is 12.8 Å². The van der Waals surface area contributed by atoms with E-state index >= 15 is 0 Å². The predicted octanol–water partition coefficient (Wildman–Crippen LogP) is 4.04. The Hall–Kier alpha value is -2.12. The highest BCUT2D eigenvalue weighted by molar-refractivity contribution is 5.32. The van der Waals surface area contributed by atoms with Crippen LogP contribution in [0.15, 0.2) is 48.5 Å². The smallest absolute Gasteiger partial charge is 0.0853 e. The summed E-state index contributed by atoms with van der Waals surface area (Å²) in [4.78, 5) is 0. The van der Waals surface area contributed by atoms with E-state index in [4.69, 9.17) is 9.84 Å². The van der Waals surface area contributed by atoms with Gasteiger partial charge >= 0.3 is 0 Å². The number of hydrogen-bond acceptors (Lipinski definition) is 3. The van der Waals surface area contributed by atoms with Crippen LogP contribution in [0.3, 0.4) is 0 Å². The summed E-state index contributed by atoms with van der Waals surface area (Å²) in [7, 11) is 1.00. The van der Waals surface area contributed by atoms with Crippen molar-refractivity contribution in [1.82, 2.24) is 0 Å². The van der Waals surface area contributed by atoms with Crippen LogP contribution in [-0.4, -0.2) is 29.5 Å². The van der Waals surface area contributed by atoms with E-state index in [1.807, 2.05) is 6.92 Å². The molecule has 1 heterocycles. The van der Waals surface area contributed by atoms with Crippen LogP contribution in [0.5, 0.6) is 0 Å². The van der Waals surface area contributed by atoms with Gasteiger partial charge in [-0.1, -0.05) is 54.1 Å². The molecule has 2 aromatic carbocycles. The van der Waals surface area contributed by atoms with Gasteiger partial charge in [-0.15, -0.1) is 12.8 Å². The number of ether oxygens (including phenoxy) is 1. The topological polar surface area (TPSA) is 49.7 Å². The van der Waals surface area contributed by atoms with Gasteiger partial charge in [-0.25, -0.2) is 0 Å². The predicted molar refractivity (Wildman–Crippen MR) is 107 cm³/mol. The number of rotatable bonds is 3. The molecule has 0 saturated carbocycles. The van der Waals surface area contributed by atoms with Crippen molar-refractivity contribution < 1.29 is 14.9 Å². The highest BCUT2D eigenvalue weighted by Gasteiger charge is 2.26. The van der Waals surface area contributed by atoms with Gasteiger partial charge in [-0.2, -0.15) is 0 Å². The number of aryl methyl sites for hydroxylation is 1. The molecule has 3 atom stereocenters. The molecule has 0 aliphatic carbocycles. The van der Waals surface area contributed by atoms with Gasteiger partial charge in [0.25, 0.3) is 0 Å². The van der Waals surface area contributed by atoms with Gasteiger partial charge in [0.05, 0.1) is 18.3 Å².